The molecule has 0 heterocycles. The van der Waals surface area contributed by atoms with Crippen LogP contribution in [0.5, 0.6) is 0 Å². The number of hydrogen-bond acceptors (Lipinski definition) is 5. The summed E-state index contributed by atoms with van der Waals surface area (Å²) < 4.78 is 9.95. The Kier molecular flexibility index (Phi) is 6.55. The molecule has 0 radical (unpaired) electrons. The van der Waals surface area contributed by atoms with Gasteiger partial charge < -0.3 is 14.6 Å². The molecule has 0 amide bonds. The van der Waals surface area contributed by atoms with Gasteiger partial charge >= 0.3 is 5.97 Å². The van der Waals surface area contributed by atoms with Crippen LogP contribution in [0, 0.1) is 0 Å². The molecule has 0 saturated carbocycles. The summed E-state index contributed by atoms with van der Waals surface area (Å²) in [5.41, 5.74) is -0.469. The number of aliphatic hydroxyl groups excluding tert-OH is 1. The third-order valence-corrected chi connectivity index (χ3v) is 1.70. The number of ether oxygens (including phenoxy) is 2. The number of nitrogens with zero attached hydrogens (tertiary/aromatic N) is 1. The van der Waals surface area contributed by atoms with E-state index in [1.165, 1.54) is 7.11 Å². The Balaban J connectivity index is 3.87. The fourth-order valence-corrected chi connectivity index (χ4v) is 1.26. The summed E-state index contributed by atoms with van der Waals surface area (Å²) in [6.45, 7) is 6.28. The topological polar surface area (TPSA) is 59.0 Å². The van der Waals surface area contributed by atoms with Crippen molar-refractivity contribution in [2.24, 2.45) is 0 Å². The highest BCUT2D eigenvalue weighted by atomic mass is 16.6. The number of carbonyl (C=O) groups is 1. The van der Waals surface area contributed by atoms with Gasteiger partial charge in [0.05, 0.1) is 19.3 Å². The number of rotatable bonds is 6. The first kappa shape index (κ1) is 15.3. The SMILES string of the molecule is COCC(O)CN(C)CC(=O)OC(C)(C)C. The molecule has 16 heavy (non-hydrogen) atoms. The van der Waals surface area contributed by atoms with Crippen molar-refractivity contribution in [3.05, 3.63) is 0 Å². The van der Waals surface area contributed by atoms with Crippen molar-refractivity contribution in [1.82, 2.24) is 4.90 Å². The van der Waals surface area contributed by atoms with Gasteiger partial charge in [-0.15, -0.1) is 0 Å². The number of esters is 1. The molecule has 5 heteroatoms. The Morgan fingerprint density at radius 1 is 1.44 bits per heavy atom. The highest BCUT2D eigenvalue weighted by molar-refractivity contribution is 5.72. The fraction of sp³-hybridized carbons (Fsp3) is 0.909. The van der Waals surface area contributed by atoms with Crippen LogP contribution in [-0.4, -0.2) is 61.5 Å². The minimum absolute atomic E-state index is 0.165. The van der Waals surface area contributed by atoms with Crippen LogP contribution < -0.4 is 0 Å². The zero-order valence-corrected chi connectivity index (χ0v) is 10.8. The van der Waals surface area contributed by atoms with Crippen LogP contribution in [0.2, 0.25) is 0 Å². The first-order valence-electron chi connectivity index (χ1n) is 5.32. The van der Waals surface area contributed by atoms with Crippen LogP contribution in [-0.2, 0) is 14.3 Å². The molecule has 0 rings (SSSR count). The smallest absolute Gasteiger partial charge is 0.320 e. The largest absolute Gasteiger partial charge is 0.459 e. The molecule has 1 atom stereocenters. The van der Waals surface area contributed by atoms with Gasteiger partial charge in [-0.3, -0.25) is 9.69 Å². The van der Waals surface area contributed by atoms with Gasteiger partial charge in [0, 0.05) is 13.7 Å². The number of likely N-dealkylation sites (N-methyl/N-ethyl adjacent to an activating group) is 1. The van der Waals surface area contributed by atoms with E-state index in [0.717, 1.165) is 0 Å². The number of hydrogen-bond donors (Lipinski definition) is 1. The van der Waals surface area contributed by atoms with Gasteiger partial charge in [-0.05, 0) is 27.8 Å². The summed E-state index contributed by atoms with van der Waals surface area (Å²) in [6, 6.07) is 0. The highest BCUT2D eigenvalue weighted by Crippen LogP contribution is 2.07. The van der Waals surface area contributed by atoms with Gasteiger partial charge in [-0.2, -0.15) is 0 Å². The Bertz CT molecular complexity index is 213. The van der Waals surface area contributed by atoms with Crippen molar-refractivity contribution in [1.29, 1.82) is 0 Å². The molecule has 0 aromatic carbocycles. The fourth-order valence-electron chi connectivity index (χ4n) is 1.26. The van der Waals surface area contributed by atoms with Crippen molar-refractivity contribution in [2.75, 3.05) is 33.9 Å². The molecule has 0 bridgehead atoms. The summed E-state index contributed by atoms with van der Waals surface area (Å²) in [5.74, 6) is -0.292. The van der Waals surface area contributed by atoms with E-state index >= 15 is 0 Å². The van der Waals surface area contributed by atoms with Gasteiger partial charge in [0.2, 0.25) is 0 Å². The average molecular weight is 233 g/mol. The van der Waals surface area contributed by atoms with E-state index in [1.807, 2.05) is 20.8 Å². The maximum atomic E-state index is 11.4. The van der Waals surface area contributed by atoms with E-state index < -0.39 is 11.7 Å². The molecule has 0 aliphatic carbocycles. The molecule has 0 aromatic rings. The number of carbonyl (C=O) groups excluding carboxylic acids is 1. The molecule has 1 unspecified atom stereocenters. The lowest BCUT2D eigenvalue weighted by Crippen LogP contribution is -2.37. The minimum atomic E-state index is -0.586. The summed E-state index contributed by atoms with van der Waals surface area (Å²) in [6.07, 6.45) is -0.586. The molecular formula is C11H23NO4. The third kappa shape index (κ3) is 8.64. The van der Waals surface area contributed by atoms with E-state index in [-0.39, 0.29) is 19.1 Å². The van der Waals surface area contributed by atoms with Crippen molar-refractivity contribution < 1.29 is 19.4 Å². The second-order valence-corrected chi connectivity index (χ2v) is 4.89. The number of aliphatic hydroxyl groups is 1. The first-order valence-corrected chi connectivity index (χ1v) is 5.32. The van der Waals surface area contributed by atoms with Crippen LogP contribution in [0.3, 0.4) is 0 Å². The van der Waals surface area contributed by atoms with Crippen molar-refractivity contribution >= 4 is 5.97 Å². The molecule has 0 aromatic heterocycles. The standard InChI is InChI=1S/C11H23NO4/c1-11(2,3)16-10(14)7-12(4)6-9(13)8-15-5/h9,13H,6-8H2,1-5H3. The molecule has 0 aliphatic rings. The normalized spacial score (nSPS) is 13.9. The molecule has 0 saturated heterocycles. The predicted molar refractivity (Wildman–Crippen MR) is 61.2 cm³/mol. The zero-order valence-electron chi connectivity index (χ0n) is 10.8. The van der Waals surface area contributed by atoms with Crippen LogP contribution in [0.15, 0.2) is 0 Å². The Hall–Kier alpha value is -0.650. The maximum absolute atomic E-state index is 11.4. The zero-order chi connectivity index (χ0) is 12.8. The molecule has 1 N–H and O–H groups in total. The van der Waals surface area contributed by atoms with Crippen LogP contribution in [0.25, 0.3) is 0 Å². The average Bonchev–Trinajstić information content (AvgIpc) is 1.98. The molecule has 0 aliphatic heterocycles. The second kappa shape index (κ2) is 6.83. The molecule has 96 valence electrons. The van der Waals surface area contributed by atoms with Crippen LogP contribution in [0.4, 0.5) is 0 Å². The van der Waals surface area contributed by atoms with Crippen molar-refractivity contribution in [3.63, 3.8) is 0 Å². The van der Waals surface area contributed by atoms with Gasteiger partial charge in [0.25, 0.3) is 0 Å². The Labute approximate surface area is 97.3 Å². The number of methoxy groups -OCH3 is 1. The minimum Gasteiger partial charge on any atom is -0.459 e. The van der Waals surface area contributed by atoms with Gasteiger partial charge in [-0.1, -0.05) is 0 Å². The predicted octanol–water partition coefficient (Wildman–Crippen LogP) is 0.267. The second-order valence-electron chi connectivity index (χ2n) is 4.89. The van der Waals surface area contributed by atoms with Crippen molar-refractivity contribution in [3.8, 4) is 0 Å². The molecule has 0 fully saturated rings. The molecular weight excluding hydrogens is 210 g/mol. The third-order valence-electron chi connectivity index (χ3n) is 1.70. The van der Waals surface area contributed by atoms with E-state index in [4.69, 9.17) is 9.47 Å². The van der Waals surface area contributed by atoms with E-state index in [9.17, 15) is 9.90 Å². The van der Waals surface area contributed by atoms with Gasteiger partial charge in [0.1, 0.15) is 5.60 Å². The molecule has 0 spiro atoms. The van der Waals surface area contributed by atoms with Crippen LogP contribution in [0.1, 0.15) is 20.8 Å². The van der Waals surface area contributed by atoms with Crippen LogP contribution >= 0.6 is 0 Å². The first-order chi connectivity index (χ1) is 7.24. The summed E-state index contributed by atoms with van der Waals surface area (Å²) >= 11 is 0. The monoisotopic (exact) mass is 233 g/mol. The lowest BCUT2D eigenvalue weighted by atomic mass is 10.2. The quantitative estimate of drug-likeness (QED) is 0.667. The van der Waals surface area contributed by atoms with Gasteiger partial charge in [-0.25, -0.2) is 0 Å². The van der Waals surface area contributed by atoms with E-state index in [2.05, 4.69) is 0 Å². The van der Waals surface area contributed by atoms with Gasteiger partial charge in [0.15, 0.2) is 0 Å². The summed E-state index contributed by atoms with van der Waals surface area (Å²) in [7, 11) is 3.28. The Morgan fingerprint density at radius 2 is 2.00 bits per heavy atom. The highest BCUT2D eigenvalue weighted by Gasteiger charge is 2.18. The Morgan fingerprint density at radius 3 is 2.44 bits per heavy atom. The summed E-state index contributed by atoms with van der Waals surface area (Å²) in [5, 5.41) is 9.45. The van der Waals surface area contributed by atoms with E-state index in [0.29, 0.717) is 6.54 Å². The lowest BCUT2D eigenvalue weighted by molar-refractivity contribution is -0.156. The molecule has 5 nitrogen and oxygen atoms in total. The summed E-state index contributed by atoms with van der Waals surface area (Å²) in [4.78, 5) is 13.1. The van der Waals surface area contributed by atoms with Crippen molar-refractivity contribution in [2.45, 2.75) is 32.5 Å². The maximum Gasteiger partial charge on any atom is 0.320 e. The van der Waals surface area contributed by atoms with E-state index in [1.54, 1.807) is 11.9 Å². The lowest BCUT2D eigenvalue weighted by Gasteiger charge is -2.23.